The summed E-state index contributed by atoms with van der Waals surface area (Å²) in [5, 5.41) is 0. The van der Waals surface area contributed by atoms with Crippen molar-refractivity contribution in [2.75, 3.05) is 13.2 Å². The van der Waals surface area contributed by atoms with Crippen molar-refractivity contribution >= 4 is 5.78 Å². The highest BCUT2D eigenvalue weighted by atomic mass is 16.7. The second-order valence-corrected chi connectivity index (χ2v) is 4.60. The van der Waals surface area contributed by atoms with Gasteiger partial charge in [0.25, 0.3) is 0 Å². The van der Waals surface area contributed by atoms with Crippen molar-refractivity contribution in [2.24, 2.45) is 5.92 Å². The molecule has 0 amide bonds. The summed E-state index contributed by atoms with van der Waals surface area (Å²) in [6, 6.07) is 0. The molecule has 3 heteroatoms. The number of Topliss-reactive ketones (excluding diaryl/α,β-unsaturated/α-hetero) is 1. The molecule has 3 nitrogen and oxygen atoms in total. The molecule has 0 bridgehead atoms. The lowest BCUT2D eigenvalue weighted by molar-refractivity contribution is -0.166. The molecular weight excluding hydrogens is 192 g/mol. The van der Waals surface area contributed by atoms with Crippen LogP contribution in [0.4, 0.5) is 0 Å². The van der Waals surface area contributed by atoms with E-state index in [0.29, 0.717) is 44.2 Å². The van der Waals surface area contributed by atoms with Crippen LogP contribution in [0.1, 0.15) is 46.5 Å². The van der Waals surface area contributed by atoms with Gasteiger partial charge in [-0.05, 0) is 12.3 Å². The fraction of sp³-hybridized carbons (Fsp3) is 0.917. The Labute approximate surface area is 92.1 Å². The molecule has 0 N–H and O–H groups in total. The van der Waals surface area contributed by atoms with Crippen LogP contribution in [0.2, 0.25) is 0 Å². The molecule has 0 aliphatic carbocycles. The third-order valence-corrected chi connectivity index (χ3v) is 2.77. The molecule has 0 saturated carbocycles. The molecule has 0 atom stereocenters. The van der Waals surface area contributed by atoms with Gasteiger partial charge < -0.3 is 9.47 Å². The molecule has 1 aliphatic heterocycles. The molecule has 0 aromatic rings. The Morgan fingerprint density at radius 3 is 2.40 bits per heavy atom. The molecule has 0 aromatic heterocycles. The minimum atomic E-state index is -0.466. The Hall–Kier alpha value is -0.410. The van der Waals surface area contributed by atoms with Gasteiger partial charge in [0, 0.05) is 19.3 Å². The molecule has 0 aromatic carbocycles. The second-order valence-electron chi connectivity index (χ2n) is 4.60. The smallest absolute Gasteiger partial charge is 0.168 e. The van der Waals surface area contributed by atoms with E-state index in [2.05, 4.69) is 13.8 Å². The number of carbonyl (C=O) groups is 1. The fourth-order valence-electron chi connectivity index (χ4n) is 1.91. The Kier molecular flexibility index (Phi) is 4.74. The fourth-order valence-corrected chi connectivity index (χ4v) is 1.91. The molecule has 0 radical (unpaired) electrons. The average molecular weight is 214 g/mol. The zero-order chi connectivity index (χ0) is 11.3. The number of carbonyl (C=O) groups excluding carboxylic acids is 1. The Bertz CT molecular complexity index is 205. The first-order chi connectivity index (χ1) is 7.08. The van der Waals surface area contributed by atoms with E-state index in [1.54, 1.807) is 0 Å². The molecule has 0 spiro atoms. The van der Waals surface area contributed by atoms with Crippen LogP contribution in [0.3, 0.4) is 0 Å². The van der Waals surface area contributed by atoms with Crippen molar-refractivity contribution < 1.29 is 14.3 Å². The monoisotopic (exact) mass is 214 g/mol. The number of hydrogen-bond donors (Lipinski definition) is 0. The minimum Gasteiger partial charge on any atom is -0.348 e. The SMILES string of the molecule is CCC1(CCC(=O)CC(C)C)OCCO1. The standard InChI is InChI=1S/C12H22O3/c1-4-12(14-7-8-15-12)6-5-11(13)9-10(2)3/h10H,4-9H2,1-3H3. The summed E-state index contributed by atoms with van der Waals surface area (Å²) >= 11 is 0. The summed E-state index contributed by atoms with van der Waals surface area (Å²) in [7, 11) is 0. The van der Waals surface area contributed by atoms with Gasteiger partial charge in [-0.25, -0.2) is 0 Å². The number of hydrogen-bond acceptors (Lipinski definition) is 3. The molecule has 1 heterocycles. The maximum Gasteiger partial charge on any atom is 0.168 e. The lowest BCUT2D eigenvalue weighted by Crippen LogP contribution is -2.30. The first-order valence-corrected chi connectivity index (χ1v) is 5.87. The van der Waals surface area contributed by atoms with Gasteiger partial charge in [-0.1, -0.05) is 20.8 Å². The van der Waals surface area contributed by atoms with Crippen molar-refractivity contribution in [1.82, 2.24) is 0 Å². The first-order valence-electron chi connectivity index (χ1n) is 5.87. The van der Waals surface area contributed by atoms with Crippen molar-refractivity contribution in [2.45, 2.75) is 52.2 Å². The maximum absolute atomic E-state index is 11.6. The highest BCUT2D eigenvalue weighted by Gasteiger charge is 2.34. The summed E-state index contributed by atoms with van der Waals surface area (Å²) in [6.07, 6.45) is 2.77. The predicted octanol–water partition coefficient (Wildman–Crippen LogP) is 2.53. The maximum atomic E-state index is 11.6. The Morgan fingerprint density at radius 2 is 1.93 bits per heavy atom. The molecule has 1 fully saturated rings. The summed E-state index contributed by atoms with van der Waals surface area (Å²) in [6.45, 7) is 7.49. The zero-order valence-corrected chi connectivity index (χ0v) is 10.0. The normalized spacial score (nSPS) is 19.7. The predicted molar refractivity (Wildman–Crippen MR) is 58.6 cm³/mol. The topological polar surface area (TPSA) is 35.5 Å². The lowest BCUT2D eigenvalue weighted by Gasteiger charge is -2.25. The van der Waals surface area contributed by atoms with E-state index in [1.165, 1.54) is 0 Å². The first kappa shape index (κ1) is 12.7. The molecule has 88 valence electrons. The van der Waals surface area contributed by atoms with Crippen LogP contribution < -0.4 is 0 Å². The van der Waals surface area contributed by atoms with Gasteiger partial charge in [-0.15, -0.1) is 0 Å². The van der Waals surface area contributed by atoms with Crippen LogP contribution in [0.25, 0.3) is 0 Å². The van der Waals surface area contributed by atoms with E-state index in [1.807, 2.05) is 6.92 Å². The van der Waals surface area contributed by atoms with Gasteiger partial charge in [-0.2, -0.15) is 0 Å². The van der Waals surface area contributed by atoms with Crippen LogP contribution in [0.5, 0.6) is 0 Å². The summed E-state index contributed by atoms with van der Waals surface area (Å²) in [5.41, 5.74) is 0. The Balaban J connectivity index is 2.31. The van der Waals surface area contributed by atoms with Gasteiger partial charge in [0.2, 0.25) is 0 Å². The second kappa shape index (κ2) is 5.61. The molecule has 1 saturated heterocycles. The van der Waals surface area contributed by atoms with Crippen LogP contribution in [0, 0.1) is 5.92 Å². The Morgan fingerprint density at radius 1 is 1.33 bits per heavy atom. The minimum absolute atomic E-state index is 0.317. The van der Waals surface area contributed by atoms with Crippen molar-refractivity contribution in [3.8, 4) is 0 Å². The van der Waals surface area contributed by atoms with Crippen molar-refractivity contribution in [3.63, 3.8) is 0 Å². The summed E-state index contributed by atoms with van der Waals surface area (Å²) in [4.78, 5) is 11.6. The van der Waals surface area contributed by atoms with Crippen LogP contribution in [-0.4, -0.2) is 24.8 Å². The van der Waals surface area contributed by atoms with Gasteiger partial charge in [-0.3, -0.25) is 4.79 Å². The number of rotatable bonds is 6. The molecule has 1 aliphatic rings. The van der Waals surface area contributed by atoms with Crippen LogP contribution in [-0.2, 0) is 14.3 Å². The van der Waals surface area contributed by atoms with Gasteiger partial charge in [0.15, 0.2) is 5.79 Å². The van der Waals surface area contributed by atoms with E-state index in [-0.39, 0.29) is 0 Å². The van der Waals surface area contributed by atoms with Gasteiger partial charge >= 0.3 is 0 Å². The summed E-state index contributed by atoms with van der Waals surface area (Å²) < 4.78 is 11.1. The highest BCUT2D eigenvalue weighted by molar-refractivity contribution is 5.78. The van der Waals surface area contributed by atoms with E-state index in [9.17, 15) is 4.79 Å². The lowest BCUT2D eigenvalue weighted by atomic mass is 10.00. The van der Waals surface area contributed by atoms with Gasteiger partial charge in [0.1, 0.15) is 5.78 Å². The molecule has 1 rings (SSSR count). The van der Waals surface area contributed by atoms with E-state index in [4.69, 9.17) is 9.47 Å². The third kappa shape index (κ3) is 3.92. The van der Waals surface area contributed by atoms with E-state index < -0.39 is 5.79 Å². The van der Waals surface area contributed by atoms with Crippen molar-refractivity contribution in [3.05, 3.63) is 0 Å². The number of ether oxygens (including phenoxy) is 2. The molecule has 15 heavy (non-hydrogen) atoms. The largest absolute Gasteiger partial charge is 0.348 e. The summed E-state index contributed by atoms with van der Waals surface area (Å²) in [5.74, 6) is 0.296. The van der Waals surface area contributed by atoms with Crippen LogP contribution >= 0.6 is 0 Å². The zero-order valence-electron chi connectivity index (χ0n) is 10.0. The van der Waals surface area contributed by atoms with Gasteiger partial charge in [0.05, 0.1) is 13.2 Å². The van der Waals surface area contributed by atoms with Crippen LogP contribution in [0.15, 0.2) is 0 Å². The van der Waals surface area contributed by atoms with E-state index >= 15 is 0 Å². The third-order valence-electron chi connectivity index (χ3n) is 2.77. The molecule has 0 unspecified atom stereocenters. The average Bonchev–Trinajstić information content (AvgIpc) is 2.63. The van der Waals surface area contributed by atoms with E-state index in [0.717, 1.165) is 6.42 Å². The molecular formula is C12H22O3. The number of ketones is 1. The van der Waals surface area contributed by atoms with Crippen molar-refractivity contribution in [1.29, 1.82) is 0 Å². The quantitative estimate of drug-likeness (QED) is 0.681. The highest BCUT2D eigenvalue weighted by Crippen LogP contribution is 2.28.